The Bertz CT molecular complexity index is 3640. The van der Waals surface area contributed by atoms with Gasteiger partial charge in [0, 0.05) is 48.5 Å². The highest BCUT2D eigenvalue weighted by Crippen LogP contribution is 2.60. The fraction of sp³-hybridized carbons (Fsp3) is 0.0164. The molecule has 4 heterocycles. The number of fused-ring (bicyclic) bond motifs is 10. The zero-order chi connectivity index (χ0) is 42.6. The van der Waals surface area contributed by atoms with Crippen LogP contribution < -0.4 is 20.6 Å². The average Bonchev–Trinajstić information content (AvgIpc) is 3.76. The molecule has 0 spiro atoms. The van der Waals surface area contributed by atoms with Crippen LogP contribution in [0.5, 0.6) is 0 Å². The summed E-state index contributed by atoms with van der Waals surface area (Å²) in [5, 5.41) is 2.65. The number of thiophene rings is 1. The molecule has 0 N–H and O–H groups in total. The molecule has 0 radical (unpaired) electrons. The average molecular weight is 843 g/mol. The molecule has 0 unspecified atom stereocenters. The first-order valence-electron chi connectivity index (χ1n) is 22.5. The minimum absolute atomic E-state index is 0.148. The largest absolute Gasteiger partial charge is 0.376 e. The molecule has 1 aromatic heterocycles. The van der Waals surface area contributed by atoms with Crippen LogP contribution in [0.4, 0.5) is 28.4 Å². The van der Waals surface area contributed by atoms with Crippen molar-refractivity contribution in [3.8, 4) is 33.4 Å². The number of hydrogen-bond acceptors (Lipinski definition) is 3. The van der Waals surface area contributed by atoms with Crippen LogP contribution >= 0.6 is 11.3 Å². The van der Waals surface area contributed by atoms with Crippen LogP contribution in [-0.2, 0) is 5.41 Å². The van der Waals surface area contributed by atoms with Crippen molar-refractivity contribution in [2.45, 2.75) is 5.41 Å². The Morgan fingerprint density at radius 2 is 1.02 bits per heavy atom. The first kappa shape index (κ1) is 36.6. The van der Waals surface area contributed by atoms with Gasteiger partial charge >= 0.3 is 6.85 Å². The van der Waals surface area contributed by atoms with Crippen LogP contribution in [0.3, 0.4) is 0 Å². The van der Waals surface area contributed by atoms with Crippen molar-refractivity contribution in [2.24, 2.45) is 0 Å². The standard InChI is InChI=1S/C61H39BN2S/c1-5-19-40(20-6-1)42-23-17-28-46(37-42)64-52-36-35-43(41-21-7-2-8-22-41)38-48(52)58-57-47-29-13-16-34-55(47)65-56(57)39-54-59(58)62(64)51-32-18-31-50-60(51)63(54)53-33-15-14-30-49(53)61(50,44-24-9-3-10-25-44)45-26-11-4-12-27-45/h1-39H. The van der Waals surface area contributed by atoms with Crippen molar-refractivity contribution < 1.29 is 0 Å². The molecule has 0 fully saturated rings. The lowest BCUT2D eigenvalue weighted by molar-refractivity contribution is 0.732. The van der Waals surface area contributed by atoms with E-state index in [4.69, 9.17) is 0 Å². The maximum Gasteiger partial charge on any atom is 0.333 e. The lowest BCUT2D eigenvalue weighted by Crippen LogP contribution is -2.62. The Morgan fingerprint density at radius 1 is 0.415 bits per heavy atom. The number of anilines is 5. The van der Waals surface area contributed by atoms with E-state index >= 15 is 0 Å². The first-order chi connectivity index (χ1) is 32.3. The smallest absolute Gasteiger partial charge is 0.333 e. The lowest BCUT2D eigenvalue weighted by atomic mass is 9.42. The van der Waals surface area contributed by atoms with Gasteiger partial charge in [-0.15, -0.1) is 11.3 Å². The Balaban J connectivity index is 1.16. The summed E-state index contributed by atoms with van der Waals surface area (Å²) >= 11 is 1.91. The van der Waals surface area contributed by atoms with Gasteiger partial charge in [0.25, 0.3) is 0 Å². The highest BCUT2D eigenvalue weighted by Gasteiger charge is 2.53. The summed E-state index contributed by atoms with van der Waals surface area (Å²) in [5.74, 6) is 0. The maximum atomic E-state index is 2.67. The van der Waals surface area contributed by atoms with E-state index in [2.05, 4.69) is 246 Å². The predicted octanol–water partition coefficient (Wildman–Crippen LogP) is 14.8. The minimum atomic E-state index is -0.585. The molecule has 0 aliphatic carbocycles. The molecule has 11 aromatic rings. The van der Waals surface area contributed by atoms with E-state index in [9.17, 15) is 0 Å². The number of benzene rings is 10. The van der Waals surface area contributed by atoms with Gasteiger partial charge in [-0.1, -0.05) is 194 Å². The van der Waals surface area contributed by atoms with Crippen molar-refractivity contribution in [1.82, 2.24) is 0 Å². The van der Waals surface area contributed by atoms with Gasteiger partial charge in [0.05, 0.1) is 11.1 Å². The molecule has 0 atom stereocenters. The Labute approximate surface area is 383 Å². The summed E-state index contributed by atoms with van der Waals surface area (Å²) in [6.07, 6.45) is 0. The Morgan fingerprint density at radius 3 is 1.75 bits per heavy atom. The Hall–Kier alpha value is -7.92. The fourth-order valence-corrected chi connectivity index (χ4v) is 12.9. The molecule has 10 aromatic carbocycles. The monoisotopic (exact) mass is 842 g/mol. The van der Waals surface area contributed by atoms with Crippen LogP contribution in [0.2, 0.25) is 0 Å². The van der Waals surface area contributed by atoms with E-state index < -0.39 is 5.41 Å². The summed E-state index contributed by atoms with van der Waals surface area (Å²) in [5.41, 5.74) is 20.6. The summed E-state index contributed by atoms with van der Waals surface area (Å²) in [7, 11) is 0. The summed E-state index contributed by atoms with van der Waals surface area (Å²) < 4.78 is 2.61. The SMILES string of the molecule is c1ccc(-c2cccc(N3B4c5cccc6c5N(c5ccccc5C6(c5ccccc5)c5ccccc5)c5cc6sc7ccccc7c6c(c54)-c4cc(-c5ccccc5)ccc43)c2)cc1. The number of hydrogen-bond donors (Lipinski definition) is 0. The third-order valence-electron chi connectivity index (χ3n) is 14.3. The van der Waals surface area contributed by atoms with Crippen molar-refractivity contribution in [1.29, 1.82) is 0 Å². The van der Waals surface area contributed by atoms with Crippen molar-refractivity contribution in [2.75, 3.05) is 9.71 Å². The van der Waals surface area contributed by atoms with Gasteiger partial charge in [-0.05, 0) is 103 Å². The third-order valence-corrected chi connectivity index (χ3v) is 15.4. The van der Waals surface area contributed by atoms with Crippen LogP contribution in [0.15, 0.2) is 237 Å². The van der Waals surface area contributed by atoms with Gasteiger partial charge in [0.2, 0.25) is 0 Å². The third kappa shape index (κ3) is 5.12. The molecule has 3 aliphatic rings. The molecular formula is C61H39BN2S. The number of para-hydroxylation sites is 2. The quantitative estimate of drug-likeness (QED) is 0.159. The second kappa shape index (κ2) is 14.0. The number of nitrogens with zero attached hydrogens (tertiary/aromatic N) is 2. The molecule has 0 bridgehead atoms. The maximum absolute atomic E-state index is 2.67. The second-order valence-electron chi connectivity index (χ2n) is 17.5. The van der Waals surface area contributed by atoms with E-state index in [0.717, 1.165) is 5.69 Å². The van der Waals surface area contributed by atoms with Crippen molar-refractivity contribution in [3.05, 3.63) is 259 Å². The summed E-state index contributed by atoms with van der Waals surface area (Å²) in [4.78, 5) is 5.32. The second-order valence-corrected chi connectivity index (χ2v) is 18.6. The van der Waals surface area contributed by atoms with Gasteiger partial charge in [-0.2, -0.15) is 0 Å². The summed E-state index contributed by atoms with van der Waals surface area (Å²) in [6, 6.07) is 88.4. The summed E-state index contributed by atoms with van der Waals surface area (Å²) in [6.45, 7) is -0.148. The van der Waals surface area contributed by atoms with Gasteiger partial charge in [-0.3, -0.25) is 0 Å². The van der Waals surface area contributed by atoms with Gasteiger partial charge < -0.3 is 9.71 Å². The number of rotatable bonds is 5. The molecule has 14 rings (SSSR count). The van der Waals surface area contributed by atoms with E-state index in [1.54, 1.807) is 0 Å². The molecule has 0 saturated carbocycles. The first-order valence-corrected chi connectivity index (χ1v) is 23.4. The molecular weight excluding hydrogens is 804 g/mol. The topological polar surface area (TPSA) is 6.48 Å². The normalized spacial score (nSPS) is 13.9. The van der Waals surface area contributed by atoms with Gasteiger partial charge in [0.1, 0.15) is 0 Å². The van der Waals surface area contributed by atoms with Crippen LogP contribution in [0.25, 0.3) is 53.6 Å². The molecule has 0 saturated heterocycles. The van der Waals surface area contributed by atoms with Crippen LogP contribution in [0.1, 0.15) is 22.3 Å². The fourth-order valence-electron chi connectivity index (χ4n) is 11.7. The van der Waals surface area contributed by atoms with Gasteiger partial charge in [0.15, 0.2) is 0 Å². The van der Waals surface area contributed by atoms with E-state index in [0.29, 0.717) is 0 Å². The van der Waals surface area contributed by atoms with E-state index in [1.165, 1.54) is 109 Å². The van der Waals surface area contributed by atoms with Crippen molar-refractivity contribution >= 4 is 77.7 Å². The van der Waals surface area contributed by atoms with Crippen molar-refractivity contribution in [3.63, 3.8) is 0 Å². The lowest BCUT2D eigenvalue weighted by Gasteiger charge is -2.52. The van der Waals surface area contributed by atoms with Crippen LogP contribution in [0, 0.1) is 0 Å². The van der Waals surface area contributed by atoms with Gasteiger partial charge in [-0.25, -0.2) is 0 Å². The highest BCUT2D eigenvalue weighted by molar-refractivity contribution is 7.26. The zero-order valence-corrected chi connectivity index (χ0v) is 36.2. The minimum Gasteiger partial charge on any atom is -0.376 e. The Kier molecular flexibility index (Phi) is 7.90. The zero-order valence-electron chi connectivity index (χ0n) is 35.4. The van der Waals surface area contributed by atoms with E-state index in [-0.39, 0.29) is 6.85 Å². The van der Waals surface area contributed by atoms with E-state index in [1.807, 2.05) is 11.3 Å². The molecule has 302 valence electrons. The molecule has 65 heavy (non-hydrogen) atoms. The molecule has 2 nitrogen and oxygen atoms in total. The predicted molar refractivity (Wildman–Crippen MR) is 276 cm³/mol. The molecule has 0 amide bonds. The molecule has 3 aliphatic heterocycles. The van der Waals surface area contributed by atoms with Crippen LogP contribution in [-0.4, -0.2) is 6.85 Å². The highest BCUT2D eigenvalue weighted by atomic mass is 32.1. The molecule has 4 heteroatoms.